The van der Waals surface area contributed by atoms with Crippen LogP contribution in [0.1, 0.15) is 43.5 Å². The lowest BCUT2D eigenvalue weighted by atomic mass is 9.94. The summed E-state index contributed by atoms with van der Waals surface area (Å²) in [5, 5.41) is 2.93. The second-order valence-electron chi connectivity index (χ2n) is 6.91. The van der Waals surface area contributed by atoms with Crippen LogP contribution in [-0.4, -0.2) is 63.3 Å². The van der Waals surface area contributed by atoms with Crippen LogP contribution in [0.25, 0.3) is 0 Å². The summed E-state index contributed by atoms with van der Waals surface area (Å²) < 4.78 is 26.6. The van der Waals surface area contributed by atoms with Crippen LogP contribution in [-0.2, 0) is 10.0 Å². The lowest BCUT2D eigenvalue weighted by Crippen LogP contribution is -2.33. The highest BCUT2D eigenvalue weighted by Crippen LogP contribution is 2.19. The van der Waals surface area contributed by atoms with Crippen molar-refractivity contribution in [2.24, 2.45) is 5.92 Å². The third-order valence-corrected chi connectivity index (χ3v) is 7.16. The Kier molecular flexibility index (Phi) is 7.61. The minimum atomic E-state index is -3.55. The van der Waals surface area contributed by atoms with E-state index in [0.29, 0.717) is 31.1 Å². The normalized spacial score (nSPS) is 16.8. The molecule has 1 aliphatic heterocycles. The van der Waals surface area contributed by atoms with Crippen LogP contribution in [0, 0.1) is 5.92 Å². The van der Waals surface area contributed by atoms with Crippen LogP contribution in [0.4, 0.5) is 0 Å². The monoisotopic (exact) mass is 381 g/mol. The molecule has 7 heteroatoms. The van der Waals surface area contributed by atoms with Crippen LogP contribution >= 0.6 is 0 Å². The molecule has 1 fully saturated rings. The number of carbonyl (C=O) groups is 1. The highest BCUT2D eigenvalue weighted by atomic mass is 32.2. The highest BCUT2D eigenvalue weighted by Gasteiger charge is 2.22. The number of hydrogen-bond acceptors (Lipinski definition) is 4. The van der Waals surface area contributed by atoms with Crippen molar-refractivity contribution in [2.45, 2.75) is 38.0 Å². The van der Waals surface area contributed by atoms with E-state index >= 15 is 0 Å². The molecule has 1 aliphatic rings. The first-order chi connectivity index (χ1) is 12.4. The predicted octanol–water partition coefficient (Wildman–Crippen LogP) is 2.18. The Bertz CT molecular complexity index is 694. The zero-order valence-electron chi connectivity index (χ0n) is 16.1. The fraction of sp³-hybridized carbons (Fsp3) is 0.632. The van der Waals surface area contributed by atoms with Crippen LogP contribution in [0.15, 0.2) is 29.2 Å². The number of nitrogens with zero attached hydrogens (tertiary/aromatic N) is 2. The molecule has 1 saturated heterocycles. The first kappa shape index (κ1) is 20.9. The van der Waals surface area contributed by atoms with Gasteiger partial charge in [-0.25, -0.2) is 8.42 Å². The Morgan fingerprint density at radius 3 is 2.50 bits per heavy atom. The minimum Gasteiger partial charge on any atom is -0.352 e. The van der Waals surface area contributed by atoms with Gasteiger partial charge < -0.3 is 10.2 Å². The van der Waals surface area contributed by atoms with Gasteiger partial charge in [-0.2, -0.15) is 4.31 Å². The lowest BCUT2D eigenvalue weighted by Gasteiger charge is -2.28. The third kappa shape index (κ3) is 5.28. The largest absolute Gasteiger partial charge is 0.352 e. The molecule has 1 heterocycles. The van der Waals surface area contributed by atoms with Gasteiger partial charge in [0, 0.05) is 25.2 Å². The highest BCUT2D eigenvalue weighted by molar-refractivity contribution is 7.89. The van der Waals surface area contributed by atoms with Crippen molar-refractivity contribution in [2.75, 3.05) is 39.8 Å². The molecule has 0 radical (unpaired) electrons. The van der Waals surface area contributed by atoms with Gasteiger partial charge in [0.15, 0.2) is 0 Å². The fourth-order valence-corrected chi connectivity index (χ4v) is 4.86. The molecule has 0 saturated carbocycles. The number of amides is 1. The number of carbonyl (C=O) groups excluding carboxylic acids is 1. The topological polar surface area (TPSA) is 69.7 Å². The van der Waals surface area contributed by atoms with Gasteiger partial charge in [-0.3, -0.25) is 4.79 Å². The number of rotatable bonds is 8. The van der Waals surface area contributed by atoms with Gasteiger partial charge >= 0.3 is 0 Å². The average molecular weight is 382 g/mol. The summed E-state index contributed by atoms with van der Waals surface area (Å²) in [6.07, 6.45) is 3.31. The van der Waals surface area contributed by atoms with E-state index in [1.165, 1.54) is 23.2 Å². The summed E-state index contributed by atoms with van der Waals surface area (Å²) in [7, 11) is -1.42. The Morgan fingerprint density at radius 1 is 1.23 bits per heavy atom. The molecule has 1 aromatic rings. The number of piperidine rings is 1. The SMILES string of the molecule is CCN(CC)S(=O)(=O)c1cccc(C(=O)NCCC2CCN(C)CC2)c1. The van der Waals surface area contributed by atoms with E-state index in [1.807, 2.05) is 0 Å². The molecule has 0 bridgehead atoms. The van der Waals surface area contributed by atoms with Crippen molar-refractivity contribution >= 4 is 15.9 Å². The van der Waals surface area contributed by atoms with E-state index in [-0.39, 0.29) is 10.8 Å². The molecule has 6 nitrogen and oxygen atoms in total. The van der Waals surface area contributed by atoms with E-state index < -0.39 is 10.0 Å². The Morgan fingerprint density at radius 2 is 1.88 bits per heavy atom. The summed E-state index contributed by atoms with van der Waals surface area (Å²) >= 11 is 0. The molecule has 0 unspecified atom stereocenters. The van der Waals surface area contributed by atoms with E-state index in [1.54, 1.807) is 32.0 Å². The van der Waals surface area contributed by atoms with Crippen molar-refractivity contribution < 1.29 is 13.2 Å². The van der Waals surface area contributed by atoms with Gasteiger partial charge in [0.1, 0.15) is 0 Å². The molecule has 1 amide bonds. The molecule has 0 spiro atoms. The lowest BCUT2D eigenvalue weighted by molar-refractivity contribution is 0.0948. The second-order valence-corrected chi connectivity index (χ2v) is 8.85. The number of nitrogens with one attached hydrogen (secondary N) is 1. The first-order valence-electron chi connectivity index (χ1n) is 9.45. The van der Waals surface area contributed by atoms with E-state index in [4.69, 9.17) is 0 Å². The van der Waals surface area contributed by atoms with Crippen molar-refractivity contribution in [3.05, 3.63) is 29.8 Å². The Balaban J connectivity index is 1.95. The van der Waals surface area contributed by atoms with E-state index in [0.717, 1.165) is 19.5 Å². The van der Waals surface area contributed by atoms with E-state index in [2.05, 4.69) is 17.3 Å². The molecule has 0 aliphatic carbocycles. The minimum absolute atomic E-state index is 0.171. The zero-order chi connectivity index (χ0) is 19.2. The maximum Gasteiger partial charge on any atom is 0.251 e. The van der Waals surface area contributed by atoms with Gasteiger partial charge in [-0.15, -0.1) is 0 Å². The summed E-state index contributed by atoms with van der Waals surface area (Å²) in [5.74, 6) is 0.440. The van der Waals surface area contributed by atoms with Crippen LogP contribution in [0.5, 0.6) is 0 Å². The predicted molar refractivity (Wildman–Crippen MR) is 104 cm³/mol. The number of hydrogen-bond donors (Lipinski definition) is 1. The molecule has 1 N–H and O–H groups in total. The molecular weight excluding hydrogens is 350 g/mol. The number of sulfonamides is 1. The second kappa shape index (κ2) is 9.48. The molecule has 2 rings (SSSR count). The molecule has 26 heavy (non-hydrogen) atoms. The number of likely N-dealkylation sites (tertiary alicyclic amines) is 1. The zero-order valence-corrected chi connectivity index (χ0v) is 16.9. The van der Waals surface area contributed by atoms with Gasteiger partial charge in [-0.1, -0.05) is 19.9 Å². The maximum atomic E-state index is 12.6. The summed E-state index contributed by atoms with van der Waals surface area (Å²) in [6.45, 7) is 7.28. The molecule has 0 atom stereocenters. The quantitative estimate of drug-likeness (QED) is 0.749. The molecule has 0 aromatic heterocycles. The summed E-state index contributed by atoms with van der Waals surface area (Å²) in [5.41, 5.74) is 0.390. The van der Waals surface area contributed by atoms with Gasteiger partial charge in [0.25, 0.3) is 5.91 Å². The van der Waals surface area contributed by atoms with Crippen molar-refractivity contribution in [3.63, 3.8) is 0 Å². The van der Waals surface area contributed by atoms with Gasteiger partial charge in [0.05, 0.1) is 4.90 Å². The van der Waals surface area contributed by atoms with Crippen molar-refractivity contribution in [3.8, 4) is 0 Å². The Labute approximate surface area is 157 Å². The number of benzene rings is 1. The van der Waals surface area contributed by atoms with Crippen molar-refractivity contribution in [1.29, 1.82) is 0 Å². The molecule has 1 aromatic carbocycles. The van der Waals surface area contributed by atoms with Crippen LogP contribution < -0.4 is 5.32 Å². The molecule has 146 valence electrons. The summed E-state index contributed by atoms with van der Waals surface area (Å²) in [4.78, 5) is 14.9. The molecular formula is C19H31N3O3S. The average Bonchev–Trinajstić information content (AvgIpc) is 2.64. The van der Waals surface area contributed by atoms with Gasteiger partial charge in [0.2, 0.25) is 10.0 Å². The summed E-state index contributed by atoms with van der Waals surface area (Å²) in [6, 6.07) is 6.30. The smallest absolute Gasteiger partial charge is 0.251 e. The first-order valence-corrected chi connectivity index (χ1v) is 10.9. The standard InChI is InChI=1S/C19H31N3O3S/c1-4-22(5-2)26(24,25)18-8-6-7-17(15-18)19(23)20-12-9-16-10-13-21(3)14-11-16/h6-8,15-16H,4-5,9-14H2,1-3H3,(H,20,23). The fourth-order valence-electron chi connectivity index (χ4n) is 3.35. The maximum absolute atomic E-state index is 12.6. The van der Waals surface area contributed by atoms with Crippen molar-refractivity contribution in [1.82, 2.24) is 14.5 Å². The third-order valence-electron chi connectivity index (χ3n) is 5.12. The Hall–Kier alpha value is -1.44. The van der Waals surface area contributed by atoms with E-state index in [9.17, 15) is 13.2 Å². The van der Waals surface area contributed by atoms with Gasteiger partial charge in [-0.05, 0) is 63.5 Å². The van der Waals surface area contributed by atoms with Crippen LogP contribution in [0.3, 0.4) is 0 Å². The van der Waals surface area contributed by atoms with Crippen LogP contribution in [0.2, 0.25) is 0 Å².